The molecule has 4 nitrogen and oxygen atoms in total. The molecule has 0 aliphatic carbocycles. The Morgan fingerprint density at radius 1 is 1.33 bits per heavy atom. The van der Waals surface area contributed by atoms with Crippen LogP contribution in [-0.2, 0) is 4.79 Å². The zero-order valence-electron chi connectivity index (χ0n) is 11.8. The van der Waals surface area contributed by atoms with Crippen molar-refractivity contribution in [3.8, 4) is 0 Å². The molecule has 1 aromatic heterocycles. The summed E-state index contributed by atoms with van der Waals surface area (Å²) >= 11 is 1.43. The van der Waals surface area contributed by atoms with Gasteiger partial charge in [0.25, 0.3) is 5.91 Å². The number of piperidine rings is 1. The molecule has 1 aliphatic heterocycles. The molecule has 0 spiro atoms. The molecule has 2 unspecified atom stereocenters. The molecular formula is C16H17NO3S. The van der Waals surface area contributed by atoms with Crippen LogP contribution >= 0.6 is 11.3 Å². The van der Waals surface area contributed by atoms with E-state index in [0.29, 0.717) is 11.4 Å². The molecule has 1 amide bonds. The summed E-state index contributed by atoms with van der Waals surface area (Å²) in [6, 6.07) is 8.97. The second-order valence-corrected chi connectivity index (χ2v) is 6.63. The fourth-order valence-corrected chi connectivity index (χ4v) is 4.04. The first kappa shape index (κ1) is 14.1. The minimum absolute atomic E-state index is 0.00502. The van der Waals surface area contributed by atoms with Crippen LogP contribution in [-0.4, -0.2) is 34.5 Å². The fourth-order valence-electron chi connectivity index (χ4n) is 3.02. The van der Waals surface area contributed by atoms with Crippen molar-refractivity contribution in [2.75, 3.05) is 6.54 Å². The van der Waals surface area contributed by atoms with Crippen LogP contribution in [0.25, 0.3) is 10.1 Å². The van der Waals surface area contributed by atoms with Crippen molar-refractivity contribution < 1.29 is 14.7 Å². The topological polar surface area (TPSA) is 57.6 Å². The van der Waals surface area contributed by atoms with Crippen molar-refractivity contribution in [1.29, 1.82) is 0 Å². The van der Waals surface area contributed by atoms with E-state index < -0.39 is 12.0 Å². The number of hydrogen-bond donors (Lipinski definition) is 1. The maximum Gasteiger partial charge on any atom is 0.326 e. The summed E-state index contributed by atoms with van der Waals surface area (Å²) in [6.07, 6.45) is 1.72. The molecule has 0 radical (unpaired) electrons. The van der Waals surface area contributed by atoms with E-state index in [-0.39, 0.29) is 11.8 Å². The molecule has 110 valence electrons. The number of fused-ring (bicyclic) bond motifs is 1. The Hall–Kier alpha value is -1.88. The quantitative estimate of drug-likeness (QED) is 0.926. The number of carboxylic acids is 1. The van der Waals surface area contributed by atoms with Crippen LogP contribution in [0.15, 0.2) is 30.3 Å². The molecule has 0 saturated carbocycles. The Balaban J connectivity index is 1.94. The van der Waals surface area contributed by atoms with Gasteiger partial charge in [0.2, 0.25) is 0 Å². The van der Waals surface area contributed by atoms with Gasteiger partial charge in [-0.2, -0.15) is 0 Å². The van der Waals surface area contributed by atoms with Crippen molar-refractivity contribution in [3.63, 3.8) is 0 Å². The number of carboxylic acid groups (broad SMARTS) is 1. The van der Waals surface area contributed by atoms with Gasteiger partial charge < -0.3 is 10.0 Å². The van der Waals surface area contributed by atoms with Crippen LogP contribution in [0.5, 0.6) is 0 Å². The maximum absolute atomic E-state index is 12.7. The number of carbonyl (C=O) groups is 2. The van der Waals surface area contributed by atoms with Crippen LogP contribution in [0.4, 0.5) is 0 Å². The van der Waals surface area contributed by atoms with E-state index >= 15 is 0 Å². The molecule has 0 bridgehead atoms. The lowest BCUT2D eigenvalue weighted by molar-refractivity contribution is -0.145. The summed E-state index contributed by atoms with van der Waals surface area (Å²) in [5.74, 6) is -1.07. The lowest BCUT2D eigenvalue weighted by atomic mass is 9.90. The van der Waals surface area contributed by atoms with Gasteiger partial charge in [-0.1, -0.05) is 25.1 Å². The zero-order valence-corrected chi connectivity index (χ0v) is 12.6. The Morgan fingerprint density at radius 3 is 2.81 bits per heavy atom. The molecule has 2 heterocycles. The molecule has 1 fully saturated rings. The molecule has 1 aliphatic rings. The van der Waals surface area contributed by atoms with E-state index in [4.69, 9.17) is 0 Å². The number of hydrogen-bond acceptors (Lipinski definition) is 3. The van der Waals surface area contributed by atoms with Crippen LogP contribution in [0.1, 0.15) is 29.4 Å². The molecule has 1 saturated heterocycles. The number of nitrogens with zero attached hydrogens (tertiary/aromatic N) is 1. The maximum atomic E-state index is 12.7. The summed E-state index contributed by atoms with van der Waals surface area (Å²) in [5.41, 5.74) is 0. The fraction of sp³-hybridized carbons (Fsp3) is 0.375. The van der Waals surface area contributed by atoms with Gasteiger partial charge in [-0.25, -0.2) is 4.79 Å². The standard InChI is InChI=1S/C16H17NO3S/c1-10-5-4-8-17(14(10)16(19)20)15(18)13-9-11-6-2-3-7-12(11)21-13/h2-3,6-7,9-10,14H,4-5,8H2,1H3,(H,19,20). The van der Waals surface area contributed by atoms with Crippen molar-refractivity contribution in [1.82, 2.24) is 4.90 Å². The highest BCUT2D eigenvalue weighted by Crippen LogP contribution is 2.30. The molecule has 21 heavy (non-hydrogen) atoms. The third-order valence-corrected chi connectivity index (χ3v) is 5.19. The highest BCUT2D eigenvalue weighted by molar-refractivity contribution is 7.20. The highest BCUT2D eigenvalue weighted by atomic mass is 32.1. The largest absolute Gasteiger partial charge is 0.480 e. The smallest absolute Gasteiger partial charge is 0.326 e. The number of carbonyl (C=O) groups excluding carboxylic acids is 1. The minimum atomic E-state index is -0.906. The number of thiophene rings is 1. The van der Waals surface area contributed by atoms with E-state index in [1.54, 1.807) is 0 Å². The van der Waals surface area contributed by atoms with Crippen molar-refractivity contribution in [2.24, 2.45) is 5.92 Å². The van der Waals surface area contributed by atoms with Crippen molar-refractivity contribution in [2.45, 2.75) is 25.8 Å². The predicted molar refractivity (Wildman–Crippen MR) is 82.7 cm³/mol. The zero-order chi connectivity index (χ0) is 15.0. The normalized spacial score (nSPS) is 22.4. The Kier molecular flexibility index (Phi) is 3.68. The average Bonchev–Trinajstić information content (AvgIpc) is 2.89. The first-order valence-electron chi connectivity index (χ1n) is 7.10. The third-order valence-electron chi connectivity index (χ3n) is 4.08. The lowest BCUT2D eigenvalue weighted by Gasteiger charge is -2.37. The van der Waals surface area contributed by atoms with Crippen LogP contribution in [0, 0.1) is 5.92 Å². The number of benzene rings is 1. The first-order chi connectivity index (χ1) is 10.1. The van der Waals surface area contributed by atoms with E-state index in [1.807, 2.05) is 37.3 Å². The summed E-state index contributed by atoms with van der Waals surface area (Å²) < 4.78 is 1.05. The SMILES string of the molecule is CC1CCCN(C(=O)c2cc3ccccc3s2)C1C(=O)O. The second-order valence-electron chi connectivity index (χ2n) is 5.55. The summed E-state index contributed by atoms with van der Waals surface area (Å²) in [6.45, 7) is 2.43. The molecule has 1 N–H and O–H groups in total. The van der Waals surface area contributed by atoms with Gasteiger partial charge in [0, 0.05) is 11.2 Å². The van der Waals surface area contributed by atoms with Crippen LogP contribution in [0.2, 0.25) is 0 Å². The van der Waals surface area contributed by atoms with E-state index in [1.165, 1.54) is 16.2 Å². The Bertz CT molecular complexity index is 661. The Morgan fingerprint density at radius 2 is 2.10 bits per heavy atom. The van der Waals surface area contributed by atoms with Crippen molar-refractivity contribution >= 4 is 33.3 Å². The molecule has 1 aromatic carbocycles. The van der Waals surface area contributed by atoms with Crippen LogP contribution < -0.4 is 0 Å². The van der Waals surface area contributed by atoms with Crippen molar-refractivity contribution in [3.05, 3.63) is 35.2 Å². The number of likely N-dealkylation sites (tertiary alicyclic amines) is 1. The second kappa shape index (κ2) is 5.48. The van der Waals surface area contributed by atoms with Gasteiger partial charge in [0.1, 0.15) is 6.04 Å². The molecule has 2 atom stereocenters. The van der Waals surface area contributed by atoms with Gasteiger partial charge >= 0.3 is 5.97 Å². The van der Waals surface area contributed by atoms with Gasteiger partial charge in [-0.15, -0.1) is 11.3 Å². The average molecular weight is 303 g/mol. The summed E-state index contributed by atoms with van der Waals surface area (Å²) in [4.78, 5) is 26.3. The molecule has 5 heteroatoms. The molecule has 3 rings (SSSR count). The van der Waals surface area contributed by atoms with Crippen LogP contribution in [0.3, 0.4) is 0 Å². The van der Waals surface area contributed by atoms with E-state index in [0.717, 1.165) is 22.9 Å². The van der Waals surface area contributed by atoms with Gasteiger partial charge in [0.05, 0.1) is 4.88 Å². The molecular weight excluding hydrogens is 286 g/mol. The number of amides is 1. The highest BCUT2D eigenvalue weighted by Gasteiger charge is 2.37. The van der Waals surface area contributed by atoms with Gasteiger partial charge in [-0.3, -0.25) is 4.79 Å². The molecule has 2 aromatic rings. The van der Waals surface area contributed by atoms with Gasteiger partial charge in [0.15, 0.2) is 0 Å². The lowest BCUT2D eigenvalue weighted by Crippen LogP contribution is -2.51. The summed E-state index contributed by atoms with van der Waals surface area (Å²) in [7, 11) is 0. The third kappa shape index (κ3) is 2.53. The van der Waals surface area contributed by atoms with E-state index in [2.05, 4.69) is 0 Å². The monoisotopic (exact) mass is 303 g/mol. The van der Waals surface area contributed by atoms with Gasteiger partial charge in [-0.05, 0) is 36.3 Å². The first-order valence-corrected chi connectivity index (χ1v) is 7.92. The number of rotatable bonds is 2. The minimum Gasteiger partial charge on any atom is -0.480 e. The summed E-state index contributed by atoms with van der Waals surface area (Å²) in [5, 5.41) is 10.5. The van der Waals surface area contributed by atoms with E-state index in [9.17, 15) is 14.7 Å². The number of aliphatic carboxylic acids is 1. The predicted octanol–water partition coefficient (Wildman–Crippen LogP) is 3.23. The Labute approximate surface area is 127 Å².